The maximum absolute atomic E-state index is 12.2. The molecule has 0 radical (unpaired) electrons. The third-order valence-corrected chi connectivity index (χ3v) is 5.18. The van der Waals surface area contributed by atoms with Gasteiger partial charge in [-0.3, -0.25) is 14.9 Å². The Labute approximate surface area is 163 Å². The summed E-state index contributed by atoms with van der Waals surface area (Å²) in [5.74, 6) is 0.670. The lowest BCUT2D eigenvalue weighted by Gasteiger charge is -2.27. The molecular weight excluding hydrogens is 366 g/mol. The second-order valence-corrected chi connectivity index (χ2v) is 7.19. The average molecular weight is 393 g/mol. The van der Waals surface area contributed by atoms with Crippen LogP contribution < -0.4 is 16.4 Å². The average Bonchev–Trinajstić information content (AvgIpc) is 2.72. The molecule has 0 aromatic carbocycles. The minimum atomic E-state index is -0.512. The summed E-state index contributed by atoms with van der Waals surface area (Å²) in [6.07, 6.45) is 5.08. The molecule has 0 bridgehead atoms. The van der Waals surface area contributed by atoms with Crippen molar-refractivity contribution in [2.24, 2.45) is 11.7 Å². The molecule has 2 heterocycles. The molecule has 4 N–H and O–H groups in total. The van der Waals surface area contributed by atoms with Crippen LogP contribution in [0.1, 0.15) is 25.7 Å². The van der Waals surface area contributed by atoms with E-state index in [1.165, 1.54) is 0 Å². The molecule has 1 aromatic heterocycles. The van der Waals surface area contributed by atoms with Gasteiger partial charge in [0.2, 0.25) is 17.7 Å². The van der Waals surface area contributed by atoms with E-state index >= 15 is 0 Å². The first-order valence-electron chi connectivity index (χ1n) is 9.63. The van der Waals surface area contributed by atoms with Gasteiger partial charge in [0.25, 0.3) is 0 Å². The molecule has 1 amide bonds. The summed E-state index contributed by atoms with van der Waals surface area (Å²) in [5, 5.41) is 17.2. The zero-order valence-corrected chi connectivity index (χ0v) is 15.8. The molecule has 2 aliphatic rings. The van der Waals surface area contributed by atoms with Gasteiger partial charge in [-0.2, -0.15) is 4.98 Å². The molecule has 1 aliphatic heterocycles. The number of carbonyl (C=O) groups is 1. The van der Waals surface area contributed by atoms with Gasteiger partial charge >= 0.3 is 5.69 Å². The first-order chi connectivity index (χ1) is 13.5. The highest BCUT2D eigenvalue weighted by Crippen LogP contribution is 2.26. The molecule has 2 fully saturated rings. The lowest BCUT2D eigenvalue weighted by Crippen LogP contribution is -2.43. The van der Waals surface area contributed by atoms with E-state index in [1.54, 1.807) is 4.90 Å². The SMILES string of the molecule is NC1CCC(CNc2nc(NCC(=O)N3CCOCC3)ncc2[N+](=O)[O-])CC1. The number of hydrogen-bond donors (Lipinski definition) is 3. The van der Waals surface area contributed by atoms with E-state index in [1.807, 2.05) is 0 Å². The molecule has 11 nitrogen and oxygen atoms in total. The Balaban J connectivity index is 1.58. The molecule has 1 aliphatic carbocycles. The van der Waals surface area contributed by atoms with Crippen molar-refractivity contribution in [2.45, 2.75) is 31.7 Å². The number of nitro groups is 1. The summed E-state index contributed by atoms with van der Waals surface area (Å²) in [6.45, 7) is 2.78. The van der Waals surface area contributed by atoms with Crippen LogP contribution in [-0.2, 0) is 9.53 Å². The second kappa shape index (κ2) is 9.60. The van der Waals surface area contributed by atoms with Crippen LogP contribution in [0.4, 0.5) is 17.5 Å². The van der Waals surface area contributed by atoms with E-state index in [2.05, 4.69) is 20.6 Å². The summed E-state index contributed by atoms with van der Waals surface area (Å²) in [5.41, 5.74) is 5.74. The van der Waals surface area contributed by atoms with E-state index in [9.17, 15) is 14.9 Å². The highest BCUT2D eigenvalue weighted by molar-refractivity contribution is 5.80. The fourth-order valence-corrected chi connectivity index (χ4v) is 3.44. The van der Waals surface area contributed by atoms with Crippen molar-refractivity contribution in [2.75, 3.05) is 50.0 Å². The largest absolute Gasteiger partial charge is 0.378 e. The van der Waals surface area contributed by atoms with Crippen molar-refractivity contribution < 1.29 is 14.5 Å². The third kappa shape index (κ3) is 5.49. The minimum absolute atomic E-state index is 0.0256. The number of aromatic nitrogens is 2. The molecule has 11 heteroatoms. The second-order valence-electron chi connectivity index (χ2n) is 7.19. The van der Waals surface area contributed by atoms with E-state index in [0.717, 1.165) is 31.9 Å². The molecule has 1 aromatic rings. The molecule has 3 rings (SSSR count). The Kier molecular flexibility index (Phi) is 6.93. The first kappa shape index (κ1) is 20.2. The lowest BCUT2D eigenvalue weighted by atomic mass is 9.86. The van der Waals surface area contributed by atoms with Gasteiger partial charge in [-0.25, -0.2) is 4.98 Å². The number of anilines is 2. The van der Waals surface area contributed by atoms with E-state index in [0.29, 0.717) is 38.8 Å². The Morgan fingerprint density at radius 2 is 2.00 bits per heavy atom. The van der Waals surface area contributed by atoms with Gasteiger partial charge in [0, 0.05) is 25.7 Å². The third-order valence-electron chi connectivity index (χ3n) is 5.18. The zero-order chi connectivity index (χ0) is 19.9. The number of ether oxygens (including phenoxy) is 1. The number of nitrogens with zero attached hydrogens (tertiary/aromatic N) is 4. The predicted octanol–water partition coefficient (Wildman–Crippen LogP) is 0.585. The standard InChI is InChI=1S/C17H27N7O4/c18-13-3-1-12(2-4-13)9-19-16-14(24(26)27)10-20-17(22-16)21-11-15(25)23-5-7-28-8-6-23/h10,12-13H,1-9,11,18H2,(H2,19,20,21,22). The summed E-state index contributed by atoms with van der Waals surface area (Å²) in [6, 6.07) is 0.254. The minimum Gasteiger partial charge on any atom is -0.378 e. The van der Waals surface area contributed by atoms with Gasteiger partial charge in [-0.1, -0.05) is 0 Å². The molecule has 154 valence electrons. The fraction of sp³-hybridized carbons (Fsp3) is 0.706. The van der Waals surface area contributed by atoms with E-state index in [-0.39, 0.29) is 35.9 Å². The van der Waals surface area contributed by atoms with Gasteiger partial charge < -0.3 is 26.0 Å². The molecule has 0 unspecified atom stereocenters. The normalized spacial score (nSPS) is 22.5. The zero-order valence-electron chi connectivity index (χ0n) is 15.8. The number of amides is 1. The number of nitrogens with one attached hydrogen (secondary N) is 2. The number of morpholine rings is 1. The van der Waals surface area contributed by atoms with E-state index < -0.39 is 4.92 Å². The molecule has 1 saturated heterocycles. The quantitative estimate of drug-likeness (QED) is 0.447. The van der Waals surface area contributed by atoms with Gasteiger partial charge in [0.05, 0.1) is 24.7 Å². The maximum Gasteiger partial charge on any atom is 0.329 e. The summed E-state index contributed by atoms with van der Waals surface area (Å²) in [7, 11) is 0. The van der Waals surface area contributed by atoms with Crippen molar-refractivity contribution in [3.05, 3.63) is 16.3 Å². The summed E-state index contributed by atoms with van der Waals surface area (Å²) < 4.78 is 5.23. The fourth-order valence-electron chi connectivity index (χ4n) is 3.44. The highest BCUT2D eigenvalue weighted by atomic mass is 16.6. The van der Waals surface area contributed by atoms with Gasteiger partial charge in [0.1, 0.15) is 6.20 Å². The molecule has 28 heavy (non-hydrogen) atoms. The van der Waals surface area contributed by atoms with Crippen molar-refractivity contribution in [3.63, 3.8) is 0 Å². The Hall–Kier alpha value is -2.53. The Morgan fingerprint density at radius 1 is 1.29 bits per heavy atom. The highest BCUT2D eigenvalue weighted by Gasteiger charge is 2.22. The molecule has 0 atom stereocenters. The first-order valence-corrected chi connectivity index (χ1v) is 9.63. The van der Waals surface area contributed by atoms with Crippen LogP contribution in [-0.4, -0.2) is 71.1 Å². The van der Waals surface area contributed by atoms with Gasteiger partial charge in [0.15, 0.2) is 0 Å². The number of rotatable bonds is 7. The summed E-state index contributed by atoms with van der Waals surface area (Å²) >= 11 is 0. The smallest absolute Gasteiger partial charge is 0.329 e. The van der Waals surface area contributed by atoms with Crippen LogP contribution in [0.3, 0.4) is 0 Å². The van der Waals surface area contributed by atoms with Crippen molar-refractivity contribution in [3.8, 4) is 0 Å². The van der Waals surface area contributed by atoms with Crippen LogP contribution in [0, 0.1) is 16.0 Å². The van der Waals surface area contributed by atoms with Crippen LogP contribution in [0.25, 0.3) is 0 Å². The molecule has 1 saturated carbocycles. The van der Waals surface area contributed by atoms with Crippen molar-refractivity contribution in [1.29, 1.82) is 0 Å². The van der Waals surface area contributed by atoms with Crippen molar-refractivity contribution in [1.82, 2.24) is 14.9 Å². The topological polar surface area (TPSA) is 149 Å². The van der Waals surface area contributed by atoms with E-state index in [4.69, 9.17) is 10.5 Å². The van der Waals surface area contributed by atoms with Crippen LogP contribution in [0.2, 0.25) is 0 Å². The molecular formula is C17H27N7O4. The van der Waals surface area contributed by atoms with Crippen LogP contribution >= 0.6 is 0 Å². The van der Waals surface area contributed by atoms with Gasteiger partial charge in [-0.15, -0.1) is 0 Å². The van der Waals surface area contributed by atoms with Crippen LogP contribution in [0.5, 0.6) is 0 Å². The number of nitrogens with two attached hydrogens (primary N) is 1. The summed E-state index contributed by atoms with van der Waals surface area (Å²) in [4.78, 5) is 32.9. The Morgan fingerprint density at radius 3 is 2.68 bits per heavy atom. The van der Waals surface area contributed by atoms with Crippen molar-refractivity contribution >= 4 is 23.4 Å². The monoisotopic (exact) mass is 393 g/mol. The Bertz CT molecular complexity index is 688. The van der Waals surface area contributed by atoms with Gasteiger partial charge in [-0.05, 0) is 31.6 Å². The predicted molar refractivity (Wildman–Crippen MR) is 103 cm³/mol. The molecule has 0 spiro atoms. The lowest BCUT2D eigenvalue weighted by molar-refractivity contribution is -0.384. The number of hydrogen-bond acceptors (Lipinski definition) is 9. The number of carbonyl (C=O) groups excluding carboxylic acids is 1. The maximum atomic E-state index is 12.2. The van der Waals surface area contributed by atoms with Crippen LogP contribution in [0.15, 0.2) is 6.20 Å².